The largest absolute Gasteiger partial charge is 0.433 e. The lowest BCUT2D eigenvalue weighted by Crippen LogP contribution is -2.15. The lowest BCUT2D eigenvalue weighted by molar-refractivity contribution is -0.385. The summed E-state index contributed by atoms with van der Waals surface area (Å²) in [5.74, 6) is -0.395. The molecule has 0 saturated heterocycles. The second-order valence-corrected chi connectivity index (χ2v) is 6.88. The number of nitrogens with one attached hydrogen (secondary N) is 1. The molecule has 0 atom stereocenters. The van der Waals surface area contributed by atoms with Crippen molar-refractivity contribution in [3.8, 4) is 5.75 Å². The maximum atomic E-state index is 12.4. The molecule has 0 aliphatic rings. The molecule has 0 aliphatic heterocycles. The molecule has 0 fully saturated rings. The van der Waals surface area contributed by atoms with Crippen molar-refractivity contribution in [1.82, 2.24) is 0 Å². The number of nitro benzene ring substituents is 1. The van der Waals surface area contributed by atoms with Crippen molar-refractivity contribution in [2.45, 2.75) is 18.4 Å². The molecule has 134 valence electrons. The van der Waals surface area contributed by atoms with E-state index in [4.69, 9.17) is 11.6 Å². The zero-order valence-electron chi connectivity index (χ0n) is 12.6. The maximum absolute atomic E-state index is 12.4. The van der Waals surface area contributed by atoms with E-state index in [1.54, 1.807) is 0 Å². The van der Waals surface area contributed by atoms with Crippen LogP contribution in [0, 0.1) is 17.0 Å². The molecule has 0 amide bonds. The Labute approximate surface area is 146 Å². The molecule has 2 aromatic rings. The van der Waals surface area contributed by atoms with E-state index >= 15 is 0 Å². The third-order valence-corrected chi connectivity index (χ3v) is 4.88. The molecule has 2 aromatic carbocycles. The number of para-hydroxylation sites is 2. The van der Waals surface area contributed by atoms with Crippen LogP contribution in [0.15, 0.2) is 41.3 Å². The van der Waals surface area contributed by atoms with E-state index in [0.29, 0.717) is 0 Å². The van der Waals surface area contributed by atoms with Gasteiger partial charge in [-0.3, -0.25) is 14.8 Å². The standard InChI is InChI=1S/C14H11ClF2N2O5S/c1-8-10(15)6-9(7-12(8)19(20)21)25(22,23)18-11-4-2-3-5-13(11)24-14(16)17/h2-7,14,18H,1H3. The predicted octanol–water partition coefficient (Wildman–Crippen LogP) is 3.96. The molecule has 0 saturated carbocycles. The highest BCUT2D eigenvalue weighted by molar-refractivity contribution is 7.92. The van der Waals surface area contributed by atoms with Gasteiger partial charge in [0.15, 0.2) is 0 Å². The van der Waals surface area contributed by atoms with E-state index in [2.05, 4.69) is 9.46 Å². The Morgan fingerprint density at radius 1 is 1.28 bits per heavy atom. The summed E-state index contributed by atoms with van der Waals surface area (Å²) < 4.78 is 56.0. The Kier molecular flexibility index (Phi) is 5.43. The molecule has 0 aromatic heterocycles. The molecule has 0 radical (unpaired) electrons. The van der Waals surface area contributed by atoms with E-state index in [-0.39, 0.29) is 16.3 Å². The van der Waals surface area contributed by atoms with Crippen molar-refractivity contribution in [2.24, 2.45) is 0 Å². The summed E-state index contributed by atoms with van der Waals surface area (Å²) in [6.07, 6.45) is 0. The van der Waals surface area contributed by atoms with Gasteiger partial charge < -0.3 is 4.74 Å². The molecule has 0 spiro atoms. The third kappa shape index (κ3) is 4.34. The lowest BCUT2D eigenvalue weighted by Gasteiger charge is -2.13. The predicted molar refractivity (Wildman–Crippen MR) is 86.7 cm³/mol. The number of benzene rings is 2. The van der Waals surface area contributed by atoms with Crippen molar-refractivity contribution in [1.29, 1.82) is 0 Å². The average Bonchev–Trinajstić information content (AvgIpc) is 2.50. The summed E-state index contributed by atoms with van der Waals surface area (Å²) in [6, 6.07) is 7.00. The smallest absolute Gasteiger partial charge is 0.387 e. The number of nitrogens with zero attached hydrogens (tertiary/aromatic N) is 1. The van der Waals surface area contributed by atoms with E-state index in [1.807, 2.05) is 0 Å². The first kappa shape index (κ1) is 18.9. The Morgan fingerprint density at radius 2 is 1.92 bits per heavy atom. The van der Waals surface area contributed by atoms with E-state index in [1.165, 1.54) is 25.1 Å². The number of anilines is 1. The van der Waals surface area contributed by atoms with Crippen LogP contribution in [0.4, 0.5) is 20.2 Å². The van der Waals surface area contributed by atoms with Crippen molar-refractivity contribution < 1.29 is 26.9 Å². The molecule has 7 nitrogen and oxygen atoms in total. The van der Waals surface area contributed by atoms with E-state index in [9.17, 15) is 27.3 Å². The highest BCUT2D eigenvalue weighted by atomic mass is 35.5. The van der Waals surface area contributed by atoms with Crippen molar-refractivity contribution in [3.63, 3.8) is 0 Å². The van der Waals surface area contributed by atoms with Gasteiger partial charge in [0.25, 0.3) is 15.7 Å². The number of halogens is 3. The first-order valence-corrected chi connectivity index (χ1v) is 8.49. The zero-order valence-corrected chi connectivity index (χ0v) is 14.1. The average molecular weight is 393 g/mol. The highest BCUT2D eigenvalue weighted by Gasteiger charge is 2.24. The Bertz CT molecular complexity index is 921. The van der Waals surface area contributed by atoms with Crippen LogP contribution >= 0.6 is 11.6 Å². The van der Waals surface area contributed by atoms with Crippen LogP contribution in [0.3, 0.4) is 0 Å². The zero-order chi connectivity index (χ0) is 18.8. The van der Waals surface area contributed by atoms with E-state index in [0.717, 1.165) is 18.2 Å². The number of alkyl halides is 2. The van der Waals surface area contributed by atoms with E-state index < -0.39 is 37.9 Å². The molecule has 0 heterocycles. The second kappa shape index (κ2) is 7.19. The van der Waals surface area contributed by atoms with Crippen LogP contribution < -0.4 is 9.46 Å². The van der Waals surface area contributed by atoms with Gasteiger partial charge >= 0.3 is 6.61 Å². The van der Waals surface area contributed by atoms with Crippen LogP contribution in [0.25, 0.3) is 0 Å². The van der Waals surface area contributed by atoms with Crippen LogP contribution in [-0.2, 0) is 10.0 Å². The summed E-state index contributed by atoms with van der Waals surface area (Å²) in [7, 11) is -4.33. The van der Waals surface area contributed by atoms with Gasteiger partial charge in [-0.05, 0) is 25.1 Å². The summed E-state index contributed by atoms with van der Waals surface area (Å²) in [5.41, 5.74) is -0.626. The normalized spacial score (nSPS) is 11.4. The molecule has 0 bridgehead atoms. The van der Waals surface area contributed by atoms with Crippen LogP contribution in [0.2, 0.25) is 5.02 Å². The summed E-state index contributed by atoms with van der Waals surface area (Å²) in [6.45, 7) is -1.78. The minimum Gasteiger partial charge on any atom is -0.433 e. The molecular weight excluding hydrogens is 382 g/mol. The van der Waals surface area contributed by atoms with Gasteiger partial charge in [0.05, 0.1) is 20.5 Å². The van der Waals surface area contributed by atoms with Gasteiger partial charge in [-0.2, -0.15) is 8.78 Å². The number of sulfonamides is 1. The number of hydrogen-bond donors (Lipinski definition) is 1. The van der Waals surface area contributed by atoms with Crippen molar-refractivity contribution >= 4 is 33.0 Å². The number of rotatable bonds is 6. The molecular formula is C14H11ClF2N2O5S. The van der Waals surface area contributed by atoms with Gasteiger partial charge in [0.2, 0.25) is 0 Å². The van der Waals surface area contributed by atoms with Gasteiger partial charge in [-0.1, -0.05) is 23.7 Å². The third-order valence-electron chi connectivity index (χ3n) is 3.14. The fourth-order valence-electron chi connectivity index (χ4n) is 1.94. The summed E-state index contributed by atoms with van der Waals surface area (Å²) in [5, 5.41) is 10.9. The molecule has 0 aliphatic carbocycles. The maximum Gasteiger partial charge on any atom is 0.387 e. The van der Waals surface area contributed by atoms with Crippen LogP contribution in [0.5, 0.6) is 5.75 Å². The van der Waals surface area contributed by atoms with Crippen LogP contribution in [-0.4, -0.2) is 20.0 Å². The Hall–Kier alpha value is -2.46. The number of hydrogen-bond acceptors (Lipinski definition) is 5. The molecule has 1 N–H and O–H groups in total. The van der Waals surface area contributed by atoms with Gasteiger partial charge in [-0.15, -0.1) is 0 Å². The fraction of sp³-hybridized carbons (Fsp3) is 0.143. The highest BCUT2D eigenvalue weighted by Crippen LogP contribution is 2.32. The minimum atomic E-state index is -4.33. The topological polar surface area (TPSA) is 98.5 Å². The monoisotopic (exact) mass is 392 g/mol. The molecule has 2 rings (SSSR count). The van der Waals surface area contributed by atoms with Gasteiger partial charge in [-0.25, -0.2) is 8.42 Å². The Morgan fingerprint density at radius 3 is 2.52 bits per heavy atom. The molecule has 11 heteroatoms. The fourth-order valence-corrected chi connectivity index (χ4v) is 3.33. The molecule has 0 unspecified atom stereocenters. The first-order valence-electron chi connectivity index (χ1n) is 6.63. The van der Waals surface area contributed by atoms with Gasteiger partial charge in [0, 0.05) is 11.6 Å². The second-order valence-electron chi connectivity index (χ2n) is 4.79. The van der Waals surface area contributed by atoms with Crippen molar-refractivity contribution in [3.05, 3.63) is 57.1 Å². The number of nitro groups is 1. The van der Waals surface area contributed by atoms with Crippen LogP contribution in [0.1, 0.15) is 5.56 Å². The summed E-state index contributed by atoms with van der Waals surface area (Å²) >= 11 is 5.85. The van der Waals surface area contributed by atoms with Crippen molar-refractivity contribution in [2.75, 3.05) is 4.72 Å². The number of ether oxygens (including phenoxy) is 1. The molecule has 25 heavy (non-hydrogen) atoms. The van der Waals surface area contributed by atoms with Gasteiger partial charge in [0.1, 0.15) is 5.75 Å². The minimum absolute atomic E-state index is 0.104. The lowest BCUT2D eigenvalue weighted by atomic mass is 10.2. The first-order chi connectivity index (χ1) is 11.6. The Balaban J connectivity index is 2.46. The summed E-state index contributed by atoms with van der Waals surface area (Å²) in [4.78, 5) is 9.76. The quantitative estimate of drug-likeness (QED) is 0.592. The SMILES string of the molecule is Cc1c(Cl)cc(S(=O)(=O)Nc2ccccc2OC(F)F)cc1[N+](=O)[O-].